The zero-order chi connectivity index (χ0) is 18.7. The maximum atomic E-state index is 12.6. The number of urea groups is 1. The Morgan fingerprint density at radius 1 is 1.38 bits per heavy atom. The molecule has 4 amide bonds. The van der Waals surface area contributed by atoms with E-state index in [1.807, 2.05) is 27.7 Å². The van der Waals surface area contributed by atoms with Crippen LogP contribution in [0.1, 0.15) is 54.4 Å². The van der Waals surface area contributed by atoms with E-state index in [-0.39, 0.29) is 12.5 Å². The van der Waals surface area contributed by atoms with Crippen molar-refractivity contribution in [2.75, 3.05) is 6.54 Å². The number of nitriles is 1. The Morgan fingerprint density at radius 3 is 2.42 bits per heavy atom. The molecule has 1 aliphatic rings. The van der Waals surface area contributed by atoms with Crippen molar-refractivity contribution in [2.45, 2.75) is 65.5 Å². The fourth-order valence-electron chi connectivity index (χ4n) is 2.41. The number of hydrogen-bond donors (Lipinski definition) is 2. The summed E-state index contributed by atoms with van der Waals surface area (Å²) in [6.45, 7) is 10.6. The Bertz CT molecular complexity index is 567. The summed E-state index contributed by atoms with van der Waals surface area (Å²) in [6.07, 6.45) is 1.32. The predicted octanol–water partition coefficient (Wildman–Crippen LogP) is 1.79. The normalized spacial score (nSPS) is 23.2. The summed E-state index contributed by atoms with van der Waals surface area (Å²) < 4.78 is 0. The Balaban J connectivity index is 2.78. The highest BCUT2D eigenvalue weighted by atomic mass is 16.2. The molecule has 0 radical (unpaired) electrons. The van der Waals surface area contributed by atoms with Crippen molar-refractivity contribution in [3.05, 3.63) is 0 Å². The lowest BCUT2D eigenvalue weighted by Gasteiger charge is -2.28. The smallest absolute Gasteiger partial charge is 0.325 e. The molecule has 2 atom stereocenters. The molecular weight excluding hydrogens is 308 g/mol. The van der Waals surface area contributed by atoms with E-state index in [1.165, 1.54) is 0 Å². The summed E-state index contributed by atoms with van der Waals surface area (Å²) in [4.78, 5) is 37.8. The summed E-state index contributed by atoms with van der Waals surface area (Å²) in [6, 6.07) is 1.50. The molecule has 2 unspecified atom stereocenters. The van der Waals surface area contributed by atoms with Crippen LogP contribution in [-0.2, 0) is 9.59 Å². The Hall–Kier alpha value is -2.10. The van der Waals surface area contributed by atoms with Gasteiger partial charge in [-0.15, -0.1) is 0 Å². The third-order valence-electron chi connectivity index (χ3n) is 4.65. The van der Waals surface area contributed by atoms with Crippen LogP contribution in [0.15, 0.2) is 0 Å². The van der Waals surface area contributed by atoms with Crippen molar-refractivity contribution in [1.29, 1.82) is 5.26 Å². The lowest BCUT2D eigenvalue weighted by Crippen LogP contribution is -2.52. The van der Waals surface area contributed by atoms with Gasteiger partial charge < -0.3 is 10.6 Å². The topological polar surface area (TPSA) is 102 Å². The molecular formula is C17H28N4O3. The molecule has 0 saturated carbocycles. The second kappa shape index (κ2) is 7.20. The van der Waals surface area contributed by atoms with Crippen LogP contribution in [0, 0.1) is 23.2 Å². The Kier molecular flexibility index (Phi) is 5.99. The first-order chi connectivity index (χ1) is 10.9. The van der Waals surface area contributed by atoms with E-state index in [2.05, 4.69) is 16.7 Å². The van der Waals surface area contributed by atoms with Crippen molar-refractivity contribution in [1.82, 2.24) is 15.5 Å². The average Bonchev–Trinajstić information content (AvgIpc) is 2.69. The Labute approximate surface area is 143 Å². The van der Waals surface area contributed by atoms with Gasteiger partial charge in [0.25, 0.3) is 5.91 Å². The van der Waals surface area contributed by atoms with Gasteiger partial charge in [0.15, 0.2) is 0 Å². The highest BCUT2D eigenvalue weighted by Crippen LogP contribution is 2.24. The van der Waals surface area contributed by atoms with Crippen LogP contribution in [0.2, 0.25) is 0 Å². The monoisotopic (exact) mass is 336 g/mol. The van der Waals surface area contributed by atoms with Crippen molar-refractivity contribution >= 4 is 17.8 Å². The maximum absolute atomic E-state index is 12.6. The van der Waals surface area contributed by atoms with E-state index >= 15 is 0 Å². The van der Waals surface area contributed by atoms with Gasteiger partial charge in [-0.3, -0.25) is 14.5 Å². The third kappa shape index (κ3) is 4.25. The molecule has 0 spiro atoms. The lowest BCUT2D eigenvalue weighted by molar-refractivity contribution is -0.135. The van der Waals surface area contributed by atoms with Crippen LogP contribution in [0.25, 0.3) is 0 Å². The van der Waals surface area contributed by atoms with Crippen molar-refractivity contribution in [3.8, 4) is 6.07 Å². The third-order valence-corrected chi connectivity index (χ3v) is 4.65. The van der Waals surface area contributed by atoms with Crippen LogP contribution in [0.5, 0.6) is 0 Å². The number of nitrogens with zero attached hydrogens (tertiary/aromatic N) is 2. The molecule has 0 aromatic carbocycles. The minimum Gasteiger partial charge on any atom is -0.336 e. The Morgan fingerprint density at radius 2 is 1.96 bits per heavy atom. The molecule has 1 aliphatic heterocycles. The zero-order valence-corrected chi connectivity index (χ0v) is 15.4. The lowest BCUT2D eigenvalue weighted by atomic mass is 9.90. The first kappa shape index (κ1) is 19.9. The van der Waals surface area contributed by atoms with E-state index in [0.29, 0.717) is 12.3 Å². The minimum absolute atomic E-state index is 0.106. The minimum atomic E-state index is -1.04. The van der Waals surface area contributed by atoms with Crippen LogP contribution >= 0.6 is 0 Å². The number of nitrogens with one attached hydrogen (secondary N) is 2. The molecule has 24 heavy (non-hydrogen) atoms. The van der Waals surface area contributed by atoms with Gasteiger partial charge >= 0.3 is 6.03 Å². The molecule has 0 bridgehead atoms. The second-order valence-electron chi connectivity index (χ2n) is 7.60. The summed E-state index contributed by atoms with van der Waals surface area (Å²) in [5.74, 6) is -0.618. The van der Waals surface area contributed by atoms with Crippen LogP contribution in [0.3, 0.4) is 0 Å². The van der Waals surface area contributed by atoms with Gasteiger partial charge in [0, 0.05) is 0 Å². The molecule has 2 N–H and O–H groups in total. The molecule has 0 aromatic rings. The van der Waals surface area contributed by atoms with Gasteiger partial charge in [-0.05, 0) is 38.5 Å². The molecule has 1 fully saturated rings. The summed E-state index contributed by atoms with van der Waals surface area (Å²) in [5.41, 5.74) is -2.02. The summed E-state index contributed by atoms with van der Waals surface area (Å²) in [5, 5.41) is 14.5. The van der Waals surface area contributed by atoms with Gasteiger partial charge in [-0.1, -0.05) is 27.7 Å². The largest absolute Gasteiger partial charge is 0.336 e. The van der Waals surface area contributed by atoms with E-state index in [9.17, 15) is 19.6 Å². The fourth-order valence-corrected chi connectivity index (χ4v) is 2.41. The SMILES string of the molecule is CC(C)CCC1(C)NC(=O)N(CC(=O)NC(C)(C#N)C(C)C)C1=O. The molecule has 134 valence electrons. The molecule has 7 heteroatoms. The van der Waals surface area contributed by atoms with Gasteiger partial charge in [-0.25, -0.2) is 4.79 Å². The van der Waals surface area contributed by atoms with Crippen molar-refractivity contribution in [2.24, 2.45) is 11.8 Å². The number of rotatable bonds is 7. The predicted molar refractivity (Wildman–Crippen MR) is 89.7 cm³/mol. The van der Waals surface area contributed by atoms with Crippen LogP contribution in [0.4, 0.5) is 4.79 Å². The van der Waals surface area contributed by atoms with E-state index in [0.717, 1.165) is 11.3 Å². The fraction of sp³-hybridized carbons (Fsp3) is 0.765. The van der Waals surface area contributed by atoms with Crippen LogP contribution in [-0.4, -0.2) is 40.4 Å². The quantitative estimate of drug-likeness (QED) is 0.692. The van der Waals surface area contributed by atoms with Gasteiger partial charge in [0.05, 0.1) is 6.07 Å². The number of hydrogen-bond acceptors (Lipinski definition) is 4. The molecule has 7 nitrogen and oxygen atoms in total. The van der Waals surface area contributed by atoms with E-state index in [4.69, 9.17) is 0 Å². The van der Waals surface area contributed by atoms with Gasteiger partial charge in [0.1, 0.15) is 17.6 Å². The number of carbonyl (C=O) groups is 3. The molecule has 0 aromatic heterocycles. The van der Waals surface area contributed by atoms with E-state index in [1.54, 1.807) is 13.8 Å². The molecule has 0 aliphatic carbocycles. The first-order valence-corrected chi connectivity index (χ1v) is 8.31. The van der Waals surface area contributed by atoms with Gasteiger partial charge in [-0.2, -0.15) is 5.26 Å². The van der Waals surface area contributed by atoms with Crippen molar-refractivity contribution in [3.63, 3.8) is 0 Å². The van der Waals surface area contributed by atoms with Crippen LogP contribution < -0.4 is 10.6 Å². The molecule has 1 saturated heterocycles. The summed E-state index contributed by atoms with van der Waals surface area (Å²) in [7, 11) is 0. The number of amides is 4. The highest BCUT2D eigenvalue weighted by molar-refractivity contribution is 6.08. The molecule has 1 heterocycles. The maximum Gasteiger partial charge on any atom is 0.325 e. The van der Waals surface area contributed by atoms with Gasteiger partial charge in [0.2, 0.25) is 5.91 Å². The molecule has 1 rings (SSSR count). The second-order valence-corrected chi connectivity index (χ2v) is 7.60. The highest BCUT2D eigenvalue weighted by Gasteiger charge is 2.48. The average molecular weight is 336 g/mol. The number of imide groups is 1. The first-order valence-electron chi connectivity index (χ1n) is 8.31. The van der Waals surface area contributed by atoms with E-state index < -0.39 is 28.9 Å². The zero-order valence-electron chi connectivity index (χ0n) is 15.4. The number of carbonyl (C=O) groups excluding carboxylic acids is 3. The van der Waals surface area contributed by atoms with Crippen molar-refractivity contribution < 1.29 is 14.4 Å². The summed E-state index contributed by atoms with van der Waals surface area (Å²) >= 11 is 0. The standard InChI is InChI=1S/C17H28N4O3/c1-11(2)7-8-16(5)14(23)21(15(24)20-16)9-13(22)19-17(6,10-18)12(3)4/h11-12H,7-9H2,1-6H3,(H,19,22)(H,20,24).